The third-order valence-corrected chi connectivity index (χ3v) is 10.5. The van der Waals surface area contributed by atoms with Crippen molar-refractivity contribution in [1.82, 2.24) is 15.0 Å². The van der Waals surface area contributed by atoms with Crippen LogP contribution in [0.2, 0.25) is 0 Å². The maximum atomic E-state index is 6.29. The van der Waals surface area contributed by atoms with E-state index < -0.39 is 0 Å². The summed E-state index contributed by atoms with van der Waals surface area (Å²) in [4.78, 5) is 15.6. The second kappa shape index (κ2) is 11.7. The molecule has 9 aromatic carbocycles. The summed E-state index contributed by atoms with van der Waals surface area (Å²) in [6, 6.07) is 61.8. The molecule has 0 unspecified atom stereocenters. The molecule has 0 aliphatic rings. The van der Waals surface area contributed by atoms with E-state index in [1.54, 1.807) is 0 Å². The van der Waals surface area contributed by atoms with Crippen molar-refractivity contribution >= 4 is 65.0 Å². The number of para-hydroxylation sites is 1. The van der Waals surface area contributed by atoms with Gasteiger partial charge in [-0.05, 0) is 90.6 Å². The van der Waals surface area contributed by atoms with Crippen molar-refractivity contribution in [2.24, 2.45) is 0 Å². The predicted octanol–water partition coefficient (Wildman–Crippen LogP) is 13.1. The molecule has 11 aromatic rings. The monoisotopic (exact) mass is 675 g/mol. The van der Waals surface area contributed by atoms with Gasteiger partial charge in [-0.15, -0.1) is 0 Å². The first-order chi connectivity index (χ1) is 26.2. The van der Waals surface area contributed by atoms with Crippen LogP contribution >= 0.6 is 0 Å². The molecule has 4 heteroatoms. The van der Waals surface area contributed by atoms with E-state index in [1.807, 2.05) is 30.3 Å². The summed E-state index contributed by atoms with van der Waals surface area (Å²) >= 11 is 0. The molecule has 2 aromatic heterocycles. The van der Waals surface area contributed by atoms with Gasteiger partial charge in [0.25, 0.3) is 0 Å². The molecule has 0 fully saturated rings. The Morgan fingerprint density at radius 1 is 0.302 bits per heavy atom. The fraction of sp³-hybridized carbons (Fsp3) is 0. The second-order valence-corrected chi connectivity index (χ2v) is 13.6. The van der Waals surface area contributed by atoms with Crippen molar-refractivity contribution in [2.75, 3.05) is 0 Å². The number of furan rings is 1. The van der Waals surface area contributed by atoms with Crippen LogP contribution < -0.4 is 0 Å². The van der Waals surface area contributed by atoms with Crippen LogP contribution in [0.25, 0.3) is 110 Å². The Morgan fingerprint density at radius 2 is 0.868 bits per heavy atom. The summed E-state index contributed by atoms with van der Waals surface area (Å²) in [6.07, 6.45) is 0. The summed E-state index contributed by atoms with van der Waals surface area (Å²) in [7, 11) is 0. The Labute approximate surface area is 304 Å². The lowest BCUT2D eigenvalue weighted by atomic mass is 9.91. The zero-order valence-corrected chi connectivity index (χ0v) is 28.5. The van der Waals surface area contributed by atoms with Gasteiger partial charge in [0.1, 0.15) is 11.2 Å². The molecule has 0 aliphatic carbocycles. The zero-order chi connectivity index (χ0) is 34.9. The Balaban J connectivity index is 1.17. The van der Waals surface area contributed by atoms with Gasteiger partial charge in [0.15, 0.2) is 17.5 Å². The maximum absolute atomic E-state index is 6.29. The van der Waals surface area contributed by atoms with Crippen LogP contribution in [0.1, 0.15) is 0 Å². The molecule has 11 rings (SSSR count). The largest absolute Gasteiger partial charge is 0.456 e. The highest BCUT2D eigenvalue weighted by Gasteiger charge is 2.19. The highest BCUT2D eigenvalue weighted by molar-refractivity contribution is 6.15. The van der Waals surface area contributed by atoms with Crippen LogP contribution in [-0.4, -0.2) is 15.0 Å². The number of hydrogen-bond donors (Lipinski definition) is 0. The highest BCUT2D eigenvalue weighted by Crippen LogP contribution is 2.40. The van der Waals surface area contributed by atoms with Crippen molar-refractivity contribution in [3.63, 3.8) is 0 Å². The fourth-order valence-corrected chi connectivity index (χ4v) is 7.88. The topological polar surface area (TPSA) is 51.8 Å². The predicted molar refractivity (Wildman–Crippen MR) is 219 cm³/mol. The third kappa shape index (κ3) is 4.88. The molecule has 0 saturated heterocycles. The lowest BCUT2D eigenvalue weighted by Gasteiger charge is -2.14. The molecule has 0 amide bonds. The van der Waals surface area contributed by atoms with Gasteiger partial charge in [0, 0.05) is 27.5 Å². The van der Waals surface area contributed by atoms with Crippen molar-refractivity contribution in [2.45, 2.75) is 0 Å². The van der Waals surface area contributed by atoms with Crippen LogP contribution in [0.5, 0.6) is 0 Å². The van der Waals surface area contributed by atoms with Crippen molar-refractivity contribution < 1.29 is 4.42 Å². The molecule has 0 N–H and O–H groups in total. The lowest BCUT2D eigenvalue weighted by Crippen LogP contribution is -2.00. The molecule has 4 nitrogen and oxygen atoms in total. The molecular formula is C49H29N3O. The molecule has 0 aliphatic heterocycles. The van der Waals surface area contributed by atoms with E-state index in [4.69, 9.17) is 19.4 Å². The number of aromatic nitrogens is 3. The molecule has 0 radical (unpaired) electrons. The van der Waals surface area contributed by atoms with E-state index in [0.29, 0.717) is 17.5 Å². The van der Waals surface area contributed by atoms with Gasteiger partial charge in [-0.2, -0.15) is 0 Å². The van der Waals surface area contributed by atoms with Crippen LogP contribution in [-0.2, 0) is 0 Å². The smallest absolute Gasteiger partial charge is 0.164 e. The average molecular weight is 676 g/mol. The van der Waals surface area contributed by atoms with Crippen molar-refractivity contribution in [3.8, 4) is 45.3 Å². The Morgan fingerprint density at radius 3 is 1.64 bits per heavy atom. The van der Waals surface area contributed by atoms with Crippen LogP contribution in [0, 0.1) is 0 Å². The van der Waals surface area contributed by atoms with Gasteiger partial charge < -0.3 is 4.42 Å². The first-order valence-electron chi connectivity index (χ1n) is 17.8. The van der Waals surface area contributed by atoms with E-state index in [9.17, 15) is 0 Å². The van der Waals surface area contributed by atoms with Crippen molar-refractivity contribution in [3.05, 3.63) is 176 Å². The fourth-order valence-electron chi connectivity index (χ4n) is 7.88. The van der Waals surface area contributed by atoms with Gasteiger partial charge >= 0.3 is 0 Å². The van der Waals surface area contributed by atoms with Gasteiger partial charge in [0.05, 0.1) is 0 Å². The van der Waals surface area contributed by atoms with E-state index >= 15 is 0 Å². The summed E-state index contributed by atoms with van der Waals surface area (Å²) in [5, 5.41) is 11.5. The Bertz CT molecular complexity index is 3250. The molecule has 0 spiro atoms. The maximum Gasteiger partial charge on any atom is 0.164 e. The van der Waals surface area contributed by atoms with Gasteiger partial charge in [-0.3, -0.25) is 0 Å². The molecule has 0 saturated carbocycles. The Kier molecular flexibility index (Phi) is 6.52. The van der Waals surface area contributed by atoms with E-state index in [0.717, 1.165) is 49.4 Å². The lowest BCUT2D eigenvalue weighted by molar-refractivity contribution is 0.669. The molecule has 2 heterocycles. The van der Waals surface area contributed by atoms with Gasteiger partial charge in [-0.1, -0.05) is 140 Å². The molecule has 246 valence electrons. The number of benzene rings is 9. The minimum atomic E-state index is 0.601. The van der Waals surface area contributed by atoms with Gasteiger partial charge in [-0.25, -0.2) is 15.0 Å². The number of rotatable bonds is 4. The SMILES string of the molecule is c1ccc2cc(-c3nc(-c4ccc5c(c4)c(-c4ccc6ccccc6c4)cc4ccccc45)nc(-c4cccc5oc6ccccc6c45)n3)ccc2c1. The van der Waals surface area contributed by atoms with E-state index in [-0.39, 0.29) is 0 Å². The first kappa shape index (κ1) is 29.5. The normalized spacial score (nSPS) is 11.8. The molecule has 0 atom stereocenters. The summed E-state index contributed by atoms with van der Waals surface area (Å²) in [5.41, 5.74) is 6.73. The first-order valence-corrected chi connectivity index (χ1v) is 17.8. The summed E-state index contributed by atoms with van der Waals surface area (Å²) in [5.74, 6) is 1.83. The summed E-state index contributed by atoms with van der Waals surface area (Å²) < 4.78 is 6.29. The number of nitrogens with zero attached hydrogens (tertiary/aromatic N) is 3. The Hall–Kier alpha value is -7.17. The van der Waals surface area contributed by atoms with Crippen LogP contribution in [0.15, 0.2) is 180 Å². The standard InChI is InChI=1S/C49H29N3O/c1-3-12-32-26-35(22-20-30(32)10-1)42-28-34-14-5-6-15-38(34)39-25-24-37(29-43(39)42)48-50-47(36-23-21-31-11-2-4-13-33(31)27-36)51-49(52-48)41-17-9-19-45-46(41)40-16-7-8-18-44(40)53-45/h1-29H. The van der Waals surface area contributed by atoms with Gasteiger partial charge in [0.2, 0.25) is 0 Å². The number of hydrogen-bond acceptors (Lipinski definition) is 4. The highest BCUT2D eigenvalue weighted by atomic mass is 16.3. The minimum Gasteiger partial charge on any atom is -0.456 e. The number of fused-ring (bicyclic) bond motifs is 8. The van der Waals surface area contributed by atoms with E-state index in [1.165, 1.54) is 43.4 Å². The van der Waals surface area contributed by atoms with Crippen LogP contribution in [0.3, 0.4) is 0 Å². The molecule has 53 heavy (non-hydrogen) atoms. The minimum absolute atomic E-state index is 0.601. The van der Waals surface area contributed by atoms with E-state index in [2.05, 4.69) is 146 Å². The molecular weight excluding hydrogens is 647 g/mol. The van der Waals surface area contributed by atoms with Crippen LogP contribution in [0.4, 0.5) is 0 Å². The zero-order valence-electron chi connectivity index (χ0n) is 28.5. The molecule has 0 bridgehead atoms. The third-order valence-electron chi connectivity index (χ3n) is 10.5. The average Bonchev–Trinajstić information content (AvgIpc) is 3.62. The quantitative estimate of drug-likeness (QED) is 0.174. The summed E-state index contributed by atoms with van der Waals surface area (Å²) in [6.45, 7) is 0. The van der Waals surface area contributed by atoms with Crippen molar-refractivity contribution in [1.29, 1.82) is 0 Å². The second-order valence-electron chi connectivity index (χ2n) is 13.6.